The molecule has 0 bridgehead atoms. The monoisotopic (exact) mass is 289 g/mol. The van der Waals surface area contributed by atoms with Gasteiger partial charge in [0.1, 0.15) is 12.1 Å². The molecule has 5 heteroatoms. The van der Waals surface area contributed by atoms with Crippen molar-refractivity contribution in [2.45, 2.75) is 39.2 Å². The van der Waals surface area contributed by atoms with Crippen LogP contribution in [0.15, 0.2) is 29.1 Å². The average molecular weight is 289 g/mol. The molecule has 2 rings (SSSR count). The summed E-state index contributed by atoms with van der Waals surface area (Å²) in [5, 5.41) is 3.57. The molecule has 114 valence electrons. The molecule has 2 aromatic rings. The van der Waals surface area contributed by atoms with Crippen molar-refractivity contribution in [2.24, 2.45) is 0 Å². The van der Waals surface area contributed by atoms with E-state index in [4.69, 9.17) is 9.15 Å². The second-order valence-electron chi connectivity index (χ2n) is 4.92. The summed E-state index contributed by atoms with van der Waals surface area (Å²) in [6.07, 6.45) is 6.06. The fourth-order valence-electron chi connectivity index (χ4n) is 2.37. The fourth-order valence-corrected chi connectivity index (χ4v) is 2.37. The Bertz CT molecular complexity index is 554. The highest BCUT2D eigenvalue weighted by Gasteiger charge is 2.18. The van der Waals surface area contributed by atoms with Crippen molar-refractivity contribution in [3.63, 3.8) is 0 Å². The van der Waals surface area contributed by atoms with Crippen LogP contribution in [0.5, 0.6) is 5.88 Å². The number of nitrogens with zero attached hydrogens (tertiary/aromatic N) is 2. The van der Waals surface area contributed by atoms with Gasteiger partial charge in [-0.1, -0.05) is 13.8 Å². The molecule has 0 aliphatic heterocycles. The zero-order valence-electron chi connectivity index (χ0n) is 12.9. The van der Waals surface area contributed by atoms with Crippen molar-refractivity contribution in [3.8, 4) is 5.88 Å². The number of aromatic nitrogens is 2. The van der Waals surface area contributed by atoms with Crippen molar-refractivity contribution in [3.05, 3.63) is 41.7 Å². The van der Waals surface area contributed by atoms with Crippen LogP contribution < -0.4 is 10.1 Å². The molecular formula is C16H23N3O2. The highest BCUT2D eigenvalue weighted by atomic mass is 16.5. The van der Waals surface area contributed by atoms with E-state index in [0.29, 0.717) is 5.88 Å². The summed E-state index contributed by atoms with van der Waals surface area (Å²) in [7, 11) is 1.62. The van der Waals surface area contributed by atoms with Crippen molar-refractivity contribution in [1.82, 2.24) is 15.3 Å². The lowest BCUT2D eigenvalue weighted by molar-refractivity contribution is 0.395. The molecule has 5 nitrogen and oxygen atoms in total. The van der Waals surface area contributed by atoms with Crippen LogP contribution in [0.4, 0.5) is 0 Å². The topological polar surface area (TPSA) is 60.2 Å². The smallest absolute Gasteiger partial charge is 0.216 e. The highest BCUT2D eigenvalue weighted by molar-refractivity contribution is 5.24. The van der Waals surface area contributed by atoms with Gasteiger partial charge < -0.3 is 14.5 Å². The van der Waals surface area contributed by atoms with E-state index in [2.05, 4.69) is 29.1 Å². The van der Waals surface area contributed by atoms with Gasteiger partial charge in [0.2, 0.25) is 5.88 Å². The normalized spacial score (nSPS) is 12.3. The second kappa shape index (κ2) is 7.78. The third-order valence-electron chi connectivity index (χ3n) is 3.44. The van der Waals surface area contributed by atoms with Crippen LogP contribution in [0.2, 0.25) is 0 Å². The number of hydrogen-bond acceptors (Lipinski definition) is 5. The van der Waals surface area contributed by atoms with Gasteiger partial charge in [-0.15, -0.1) is 0 Å². The lowest BCUT2D eigenvalue weighted by Gasteiger charge is -2.18. The van der Waals surface area contributed by atoms with Gasteiger partial charge in [-0.3, -0.25) is 0 Å². The lowest BCUT2D eigenvalue weighted by atomic mass is 10.0. The molecule has 2 heterocycles. The number of methoxy groups -OCH3 is 1. The SMILES string of the molecule is CCCNC(Cc1cc(OC)ncn1)c1ccoc1CC. The van der Waals surface area contributed by atoms with Crippen LogP contribution in [0, 0.1) is 0 Å². The Morgan fingerprint density at radius 2 is 2.19 bits per heavy atom. The van der Waals surface area contributed by atoms with Gasteiger partial charge in [0, 0.05) is 36.2 Å². The molecule has 0 radical (unpaired) electrons. The summed E-state index contributed by atoms with van der Waals surface area (Å²) >= 11 is 0. The molecule has 1 atom stereocenters. The number of furan rings is 1. The Labute approximate surface area is 125 Å². The van der Waals surface area contributed by atoms with E-state index >= 15 is 0 Å². The Balaban J connectivity index is 2.19. The van der Waals surface area contributed by atoms with E-state index in [1.54, 1.807) is 19.7 Å². The summed E-state index contributed by atoms with van der Waals surface area (Å²) in [4.78, 5) is 8.39. The van der Waals surface area contributed by atoms with E-state index in [0.717, 1.165) is 37.3 Å². The largest absolute Gasteiger partial charge is 0.481 e. The van der Waals surface area contributed by atoms with Gasteiger partial charge >= 0.3 is 0 Å². The van der Waals surface area contributed by atoms with Gasteiger partial charge in [0.25, 0.3) is 0 Å². The zero-order valence-corrected chi connectivity index (χ0v) is 12.9. The molecule has 0 spiro atoms. The van der Waals surface area contributed by atoms with Crippen LogP contribution in [0.25, 0.3) is 0 Å². The van der Waals surface area contributed by atoms with Crippen LogP contribution in [0.1, 0.15) is 43.3 Å². The highest BCUT2D eigenvalue weighted by Crippen LogP contribution is 2.24. The summed E-state index contributed by atoms with van der Waals surface area (Å²) in [5.74, 6) is 1.63. The molecule has 0 aliphatic rings. The molecule has 1 unspecified atom stereocenters. The van der Waals surface area contributed by atoms with Crippen molar-refractivity contribution in [1.29, 1.82) is 0 Å². The van der Waals surface area contributed by atoms with Crippen molar-refractivity contribution < 1.29 is 9.15 Å². The van der Waals surface area contributed by atoms with E-state index in [-0.39, 0.29) is 6.04 Å². The zero-order chi connectivity index (χ0) is 15.1. The van der Waals surface area contributed by atoms with Crippen LogP contribution in [-0.2, 0) is 12.8 Å². The maximum absolute atomic E-state index is 5.56. The first-order valence-electron chi connectivity index (χ1n) is 7.43. The minimum atomic E-state index is 0.193. The molecule has 0 saturated carbocycles. The number of rotatable bonds is 8. The van der Waals surface area contributed by atoms with Crippen LogP contribution in [0.3, 0.4) is 0 Å². The number of nitrogens with one attached hydrogen (secondary N) is 1. The lowest BCUT2D eigenvalue weighted by Crippen LogP contribution is -2.25. The van der Waals surface area contributed by atoms with Crippen molar-refractivity contribution in [2.75, 3.05) is 13.7 Å². The Hall–Kier alpha value is -1.88. The Morgan fingerprint density at radius 3 is 2.90 bits per heavy atom. The Kier molecular flexibility index (Phi) is 5.75. The maximum Gasteiger partial charge on any atom is 0.216 e. The van der Waals surface area contributed by atoms with Crippen molar-refractivity contribution >= 4 is 0 Å². The molecule has 0 aliphatic carbocycles. The summed E-state index contributed by atoms with van der Waals surface area (Å²) < 4.78 is 10.7. The third-order valence-corrected chi connectivity index (χ3v) is 3.44. The number of aryl methyl sites for hydroxylation is 1. The average Bonchev–Trinajstić information content (AvgIpc) is 3.00. The first-order chi connectivity index (χ1) is 10.3. The van der Waals surface area contributed by atoms with E-state index in [1.807, 2.05) is 12.1 Å². The van der Waals surface area contributed by atoms with Crippen LogP contribution >= 0.6 is 0 Å². The first-order valence-corrected chi connectivity index (χ1v) is 7.43. The van der Waals surface area contributed by atoms with Gasteiger partial charge in [0.05, 0.1) is 13.4 Å². The van der Waals surface area contributed by atoms with Gasteiger partial charge in [-0.25, -0.2) is 9.97 Å². The van der Waals surface area contributed by atoms with Crippen LogP contribution in [-0.4, -0.2) is 23.6 Å². The standard InChI is InChI=1S/C16H23N3O2/c1-4-7-17-14(13-6-8-21-15(13)5-2)9-12-10-16(20-3)19-11-18-12/h6,8,10-11,14,17H,4-5,7,9H2,1-3H3. The van der Waals surface area contributed by atoms with E-state index in [9.17, 15) is 0 Å². The summed E-state index contributed by atoms with van der Waals surface area (Å²) in [6, 6.07) is 4.12. The summed E-state index contributed by atoms with van der Waals surface area (Å²) in [6.45, 7) is 5.22. The fraction of sp³-hybridized carbons (Fsp3) is 0.500. The molecule has 0 fully saturated rings. The number of hydrogen-bond donors (Lipinski definition) is 1. The molecule has 0 saturated heterocycles. The molecular weight excluding hydrogens is 266 g/mol. The Morgan fingerprint density at radius 1 is 1.33 bits per heavy atom. The van der Waals surface area contributed by atoms with Gasteiger partial charge in [0.15, 0.2) is 0 Å². The van der Waals surface area contributed by atoms with E-state index in [1.165, 1.54) is 5.56 Å². The first kappa shape index (κ1) is 15.5. The molecule has 0 aromatic carbocycles. The maximum atomic E-state index is 5.56. The van der Waals surface area contributed by atoms with Gasteiger partial charge in [-0.2, -0.15) is 0 Å². The quantitative estimate of drug-likeness (QED) is 0.809. The minimum Gasteiger partial charge on any atom is -0.481 e. The minimum absolute atomic E-state index is 0.193. The molecule has 1 N–H and O–H groups in total. The summed E-state index contributed by atoms with van der Waals surface area (Å²) in [5.41, 5.74) is 2.17. The molecule has 21 heavy (non-hydrogen) atoms. The second-order valence-corrected chi connectivity index (χ2v) is 4.92. The molecule has 0 amide bonds. The molecule has 2 aromatic heterocycles. The van der Waals surface area contributed by atoms with E-state index < -0.39 is 0 Å². The predicted molar refractivity (Wildman–Crippen MR) is 81.4 cm³/mol. The predicted octanol–water partition coefficient (Wildman–Crippen LogP) is 2.92. The number of ether oxygens (including phenoxy) is 1. The third kappa shape index (κ3) is 4.04. The van der Waals surface area contributed by atoms with Gasteiger partial charge in [-0.05, 0) is 19.0 Å².